The van der Waals surface area contributed by atoms with Crippen LogP contribution >= 0.6 is 0 Å². The first-order valence-corrected chi connectivity index (χ1v) is 11.1. The van der Waals surface area contributed by atoms with Gasteiger partial charge >= 0.3 is 0 Å². The lowest BCUT2D eigenvalue weighted by atomic mass is 10.1. The number of para-hydroxylation sites is 1. The van der Waals surface area contributed by atoms with Crippen LogP contribution in [0.3, 0.4) is 0 Å². The molecular weight excluding hydrogens is 348 g/mol. The van der Waals surface area contributed by atoms with Crippen LogP contribution in [-0.2, 0) is 4.79 Å². The number of carbonyl (C=O) groups excluding carboxylic acids is 1. The Labute approximate surface area is 171 Å². The monoisotopic (exact) mass is 388 g/mol. The zero-order valence-electron chi connectivity index (χ0n) is 17.7. The molecule has 0 radical (unpaired) electrons. The number of allylic oxidation sites excluding steroid dienone is 1. The number of carbonyl (C=O) groups is 1. The fourth-order valence-electron chi connectivity index (χ4n) is 3.10. The van der Waals surface area contributed by atoms with Crippen molar-refractivity contribution in [1.82, 2.24) is 5.43 Å². The summed E-state index contributed by atoms with van der Waals surface area (Å²) in [5.41, 5.74) is 6.55. The van der Waals surface area contributed by atoms with Gasteiger partial charge in [0.25, 0.3) is 0 Å². The number of anilines is 1. The van der Waals surface area contributed by atoms with Crippen molar-refractivity contribution in [2.24, 2.45) is 0 Å². The van der Waals surface area contributed by atoms with Crippen molar-refractivity contribution in [3.05, 3.63) is 42.5 Å². The van der Waals surface area contributed by atoms with Gasteiger partial charge in [-0.25, -0.2) is 0 Å². The maximum Gasteiger partial charge on any atom is 0.238 e. The summed E-state index contributed by atoms with van der Waals surface area (Å²) in [4.78, 5) is 11.8. The highest BCUT2D eigenvalue weighted by atomic mass is 16.3. The van der Waals surface area contributed by atoms with Crippen molar-refractivity contribution in [3.63, 3.8) is 0 Å². The highest BCUT2D eigenvalue weighted by Crippen LogP contribution is 2.10. The summed E-state index contributed by atoms with van der Waals surface area (Å²) in [6.45, 7) is 2.21. The zero-order valence-corrected chi connectivity index (χ0v) is 17.7. The molecule has 0 heterocycles. The second-order valence-corrected chi connectivity index (χ2v) is 7.56. The van der Waals surface area contributed by atoms with Gasteiger partial charge in [0.15, 0.2) is 0 Å². The third-order valence-electron chi connectivity index (χ3n) is 4.86. The highest BCUT2D eigenvalue weighted by molar-refractivity contribution is 5.77. The lowest BCUT2D eigenvalue weighted by molar-refractivity contribution is -0.120. The summed E-state index contributed by atoms with van der Waals surface area (Å²) in [5, 5.41) is 9.91. The Morgan fingerprint density at radius 1 is 0.964 bits per heavy atom. The van der Waals surface area contributed by atoms with Gasteiger partial charge in [-0.1, -0.05) is 82.2 Å². The van der Waals surface area contributed by atoms with Crippen LogP contribution in [0.1, 0.15) is 90.4 Å². The van der Waals surface area contributed by atoms with Crippen LogP contribution in [0.4, 0.5) is 5.69 Å². The molecule has 158 valence electrons. The van der Waals surface area contributed by atoms with E-state index in [1.807, 2.05) is 30.3 Å². The van der Waals surface area contributed by atoms with E-state index in [2.05, 4.69) is 29.9 Å². The summed E-state index contributed by atoms with van der Waals surface area (Å²) in [5.74, 6) is 0.0417. The van der Waals surface area contributed by atoms with Crippen LogP contribution in [0.25, 0.3) is 0 Å². The zero-order chi connectivity index (χ0) is 20.3. The van der Waals surface area contributed by atoms with Crippen LogP contribution in [0.2, 0.25) is 0 Å². The molecule has 0 aliphatic rings. The molecule has 1 aromatic carbocycles. The molecule has 3 N–H and O–H groups in total. The summed E-state index contributed by atoms with van der Waals surface area (Å²) in [6, 6.07) is 9.65. The molecule has 1 atom stereocenters. The first-order valence-electron chi connectivity index (χ1n) is 11.1. The van der Waals surface area contributed by atoms with Crippen LogP contribution in [0.15, 0.2) is 42.5 Å². The number of amides is 1. The van der Waals surface area contributed by atoms with Gasteiger partial charge in [0.1, 0.15) is 0 Å². The molecular formula is C24H40N2O2. The lowest BCUT2D eigenvalue weighted by Gasteiger charge is -2.08. The van der Waals surface area contributed by atoms with E-state index in [9.17, 15) is 9.90 Å². The van der Waals surface area contributed by atoms with Crippen molar-refractivity contribution in [1.29, 1.82) is 0 Å². The molecule has 0 fully saturated rings. The van der Waals surface area contributed by atoms with E-state index in [0.717, 1.165) is 44.2 Å². The van der Waals surface area contributed by atoms with Crippen molar-refractivity contribution < 1.29 is 9.90 Å². The number of aliphatic hydroxyl groups is 1. The van der Waals surface area contributed by atoms with E-state index in [1.54, 1.807) is 0 Å². The van der Waals surface area contributed by atoms with Gasteiger partial charge in [0, 0.05) is 6.42 Å². The Bertz CT molecular complexity index is 517. The maximum absolute atomic E-state index is 11.8. The Balaban J connectivity index is 1.87. The number of hydrogen-bond donors (Lipinski definition) is 3. The SMILES string of the molecule is CCCCCC[C@@H](O)C/C=C\CCCCCCCC(=O)NNc1ccccc1. The molecule has 28 heavy (non-hydrogen) atoms. The predicted octanol–water partition coefficient (Wildman–Crippen LogP) is 6.14. The summed E-state index contributed by atoms with van der Waals surface area (Å²) in [6.07, 6.45) is 18.0. The smallest absolute Gasteiger partial charge is 0.238 e. The largest absolute Gasteiger partial charge is 0.393 e. The molecule has 1 aromatic rings. The first kappa shape index (κ1) is 24.2. The molecule has 0 unspecified atom stereocenters. The van der Waals surface area contributed by atoms with E-state index >= 15 is 0 Å². The first-order chi connectivity index (χ1) is 13.7. The second-order valence-electron chi connectivity index (χ2n) is 7.56. The summed E-state index contributed by atoms with van der Waals surface area (Å²) in [7, 11) is 0. The van der Waals surface area contributed by atoms with E-state index in [1.165, 1.54) is 38.5 Å². The minimum atomic E-state index is -0.171. The highest BCUT2D eigenvalue weighted by Gasteiger charge is 2.01. The molecule has 0 aliphatic carbocycles. The lowest BCUT2D eigenvalue weighted by Crippen LogP contribution is -2.28. The normalized spacial score (nSPS) is 12.2. The number of rotatable bonds is 17. The summed E-state index contributed by atoms with van der Waals surface area (Å²) >= 11 is 0. The second kappa shape index (κ2) is 17.3. The van der Waals surface area contributed by atoms with Crippen LogP contribution in [0.5, 0.6) is 0 Å². The number of hydrogen-bond acceptors (Lipinski definition) is 3. The number of benzene rings is 1. The van der Waals surface area contributed by atoms with Crippen LogP contribution < -0.4 is 10.9 Å². The van der Waals surface area contributed by atoms with Gasteiger partial charge in [0.2, 0.25) is 5.91 Å². The number of aliphatic hydroxyl groups excluding tert-OH is 1. The Morgan fingerprint density at radius 3 is 2.46 bits per heavy atom. The molecule has 4 heteroatoms. The third kappa shape index (κ3) is 14.3. The minimum absolute atomic E-state index is 0.0417. The molecule has 1 amide bonds. The molecule has 0 aliphatic heterocycles. The molecule has 1 rings (SSSR count). The maximum atomic E-state index is 11.8. The van der Waals surface area contributed by atoms with Crippen molar-refractivity contribution in [2.75, 3.05) is 5.43 Å². The molecule has 0 saturated heterocycles. The molecule has 0 spiro atoms. The Kier molecular flexibility index (Phi) is 15.0. The van der Waals surface area contributed by atoms with Gasteiger partial charge in [-0.05, 0) is 44.2 Å². The van der Waals surface area contributed by atoms with Gasteiger partial charge in [-0.15, -0.1) is 0 Å². The van der Waals surface area contributed by atoms with E-state index in [-0.39, 0.29) is 12.0 Å². The quantitative estimate of drug-likeness (QED) is 0.171. The van der Waals surface area contributed by atoms with Gasteiger partial charge in [-0.3, -0.25) is 15.6 Å². The fourth-order valence-corrected chi connectivity index (χ4v) is 3.10. The number of nitrogens with one attached hydrogen (secondary N) is 2. The van der Waals surface area contributed by atoms with Crippen molar-refractivity contribution in [2.45, 2.75) is 96.5 Å². The number of hydrazine groups is 1. The Hall–Kier alpha value is -1.81. The van der Waals surface area contributed by atoms with Gasteiger partial charge in [-0.2, -0.15) is 0 Å². The van der Waals surface area contributed by atoms with E-state index in [0.29, 0.717) is 6.42 Å². The van der Waals surface area contributed by atoms with Crippen molar-refractivity contribution in [3.8, 4) is 0 Å². The predicted molar refractivity (Wildman–Crippen MR) is 119 cm³/mol. The van der Waals surface area contributed by atoms with Crippen LogP contribution in [0, 0.1) is 0 Å². The van der Waals surface area contributed by atoms with Gasteiger partial charge in [0.05, 0.1) is 11.8 Å². The van der Waals surface area contributed by atoms with E-state index < -0.39 is 0 Å². The molecule has 0 aromatic heterocycles. The van der Waals surface area contributed by atoms with E-state index in [4.69, 9.17) is 0 Å². The average Bonchev–Trinajstić information content (AvgIpc) is 2.72. The average molecular weight is 389 g/mol. The topological polar surface area (TPSA) is 61.4 Å². The molecule has 0 bridgehead atoms. The van der Waals surface area contributed by atoms with Crippen molar-refractivity contribution >= 4 is 11.6 Å². The van der Waals surface area contributed by atoms with Gasteiger partial charge < -0.3 is 5.11 Å². The fraction of sp³-hybridized carbons (Fsp3) is 0.625. The van der Waals surface area contributed by atoms with Crippen LogP contribution in [-0.4, -0.2) is 17.1 Å². The molecule has 0 saturated carbocycles. The minimum Gasteiger partial charge on any atom is -0.393 e. The summed E-state index contributed by atoms with van der Waals surface area (Å²) < 4.78 is 0. The Morgan fingerprint density at radius 2 is 1.68 bits per heavy atom. The molecule has 4 nitrogen and oxygen atoms in total. The number of unbranched alkanes of at least 4 members (excludes halogenated alkanes) is 8. The third-order valence-corrected chi connectivity index (χ3v) is 4.86. The standard InChI is InChI=1S/C24H40N2O2/c1-2-3-4-14-19-23(27)20-15-9-7-5-6-8-10-16-21-24(28)26-25-22-17-12-11-13-18-22/h9,11-13,15,17-18,23,25,27H,2-8,10,14,16,19-21H2,1H3,(H,26,28)/b15-9-/t23-/m1/s1.